The summed E-state index contributed by atoms with van der Waals surface area (Å²) in [5, 5.41) is 7.38. The number of nitrogens with one attached hydrogen (secondary N) is 1. The lowest BCUT2D eigenvalue weighted by molar-refractivity contribution is -0.00882. The number of nitrogens with two attached hydrogens (primary N) is 1. The van der Waals surface area contributed by atoms with Crippen LogP contribution in [0.2, 0.25) is 0 Å². The van der Waals surface area contributed by atoms with Crippen LogP contribution in [0.1, 0.15) is 30.5 Å². The molecule has 0 saturated heterocycles. The molecule has 0 radical (unpaired) electrons. The van der Waals surface area contributed by atoms with E-state index in [0.717, 1.165) is 18.4 Å². The van der Waals surface area contributed by atoms with Gasteiger partial charge in [0.2, 0.25) is 0 Å². The normalized spacial score (nSPS) is 16.0. The maximum absolute atomic E-state index is 7.38. The maximum Gasteiger partial charge on any atom is 0.142 e. The van der Waals surface area contributed by atoms with Crippen LogP contribution in [0.25, 0.3) is 0 Å². The van der Waals surface area contributed by atoms with Gasteiger partial charge in [-0.15, -0.1) is 0 Å². The van der Waals surface area contributed by atoms with Gasteiger partial charge in [-0.1, -0.05) is 6.07 Å². The second kappa shape index (κ2) is 4.40. The zero-order valence-electron chi connectivity index (χ0n) is 8.57. The van der Waals surface area contributed by atoms with Crippen molar-refractivity contribution in [2.45, 2.75) is 32.0 Å². The van der Waals surface area contributed by atoms with E-state index >= 15 is 0 Å². The Morgan fingerprint density at radius 1 is 1.60 bits per heavy atom. The summed E-state index contributed by atoms with van der Waals surface area (Å²) in [5.41, 5.74) is 6.87. The number of nitrogens with zero attached hydrogens (tertiary/aromatic N) is 1. The van der Waals surface area contributed by atoms with E-state index < -0.39 is 0 Å². The summed E-state index contributed by atoms with van der Waals surface area (Å²) < 4.78 is 5.66. The third kappa shape index (κ3) is 2.33. The highest BCUT2D eigenvalue weighted by atomic mass is 16.5. The molecule has 0 atom stereocenters. The van der Waals surface area contributed by atoms with Gasteiger partial charge < -0.3 is 10.5 Å². The van der Waals surface area contributed by atoms with Crippen molar-refractivity contribution in [2.24, 2.45) is 5.73 Å². The lowest BCUT2D eigenvalue weighted by Crippen LogP contribution is -2.22. The fourth-order valence-corrected chi connectivity index (χ4v) is 1.54. The van der Waals surface area contributed by atoms with Gasteiger partial charge in [-0.3, -0.25) is 10.4 Å². The van der Waals surface area contributed by atoms with Crippen LogP contribution in [-0.2, 0) is 11.3 Å². The summed E-state index contributed by atoms with van der Waals surface area (Å²) in [7, 11) is 0. The first kappa shape index (κ1) is 10.1. The monoisotopic (exact) mass is 205 g/mol. The van der Waals surface area contributed by atoms with Gasteiger partial charge in [0, 0.05) is 11.8 Å². The Labute approximate surface area is 89.0 Å². The number of nitrogen functional groups attached to an aromatic ring is 1. The van der Waals surface area contributed by atoms with Crippen LogP contribution in [0.15, 0.2) is 18.3 Å². The summed E-state index contributed by atoms with van der Waals surface area (Å²) >= 11 is 0. The second-order valence-electron chi connectivity index (χ2n) is 3.79. The molecular weight excluding hydrogens is 190 g/mol. The Morgan fingerprint density at radius 2 is 2.40 bits per heavy atom. The van der Waals surface area contributed by atoms with E-state index in [1.165, 1.54) is 6.42 Å². The van der Waals surface area contributed by atoms with Crippen molar-refractivity contribution in [2.75, 3.05) is 0 Å². The molecule has 1 saturated carbocycles. The van der Waals surface area contributed by atoms with E-state index in [2.05, 4.69) is 4.98 Å². The zero-order chi connectivity index (χ0) is 10.7. The molecule has 1 aliphatic carbocycles. The average molecular weight is 205 g/mol. The molecule has 4 heteroatoms. The van der Waals surface area contributed by atoms with E-state index in [-0.39, 0.29) is 5.84 Å². The van der Waals surface area contributed by atoms with E-state index in [1.807, 2.05) is 12.1 Å². The zero-order valence-corrected chi connectivity index (χ0v) is 8.57. The van der Waals surface area contributed by atoms with Crippen LogP contribution in [0.3, 0.4) is 0 Å². The smallest absolute Gasteiger partial charge is 0.142 e. The van der Waals surface area contributed by atoms with Gasteiger partial charge >= 0.3 is 0 Å². The SMILES string of the molecule is N=C(N)c1ncccc1COC1CCC1. The van der Waals surface area contributed by atoms with Crippen molar-refractivity contribution in [1.82, 2.24) is 4.98 Å². The van der Waals surface area contributed by atoms with Gasteiger partial charge in [-0.25, -0.2) is 0 Å². The lowest BCUT2D eigenvalue weighted by Gasteiger charge is -2.25. The van der Waals surface area contributed by atoms with Crippen molar-refractivity contribution in [1.29, 1.82) is 5.41 Å². The van der Waals surface area contributed by atoms with E-state index in [0.29, 0.717) is 18.4 Å². The predicted octanol–water partition coefficient (Wildman–Crippen LogP) is 1.43. The number of hydrogen-bond acceptors (Lipinski definition) is 3. The minimum absolute atomic E-state index is 0.00260. The quantitative estimate of drug-likeness (QED) is 0.577. The Hall–Kier alpha value is -1.42. The molecule has 1 heterocycles. The Balaban J connectivity index is 2.02. The molecule has 0 spiro atoms. The van der Waals surface area contributed by atoms with Crippen LogP contribution in [0.4, 0.5) is 0 Å². The van der Waals surface area contributed by atoms with Crippen molar-refractivity contribution in [3.05, 3.63) is 29.6 Å². The van der Waals surface area contributed by atoms with Gasteiger partial charge in [-0.2, -0.15) is 0 Å². The van der Waals surface area contributed by atoms with E-state index in [9.17, 15) is 0 Å². The summed E-state index contributed by atoms with van der Waals surface area (Å²) in [4.78, 5) is 4.07. The molecule has 0 aromatic carbocycles. The first-order valence-corrected chi connectivity index (χ1v) is 5.17. The van der Waals surface area contributed by atoms with Crippen LogP contribution in [0.5, 0.6) is 0 Å². The second-order valence-corrected chi connectivity index (χ2v) is 3.79. The van der Waals surface area contributed by atoms with Gasteiger partial charge in [-0.05, 0) is 25.3 Å². The van der Waals surface area contributed by atoms with Gasteiger partial charge in [0.15, 0.2) is 0 Å². The molecule has 0 unspecified atom stereocenters. The summed E-state index contributed by atoms with van der Waals surface area (Å²) in [6, 6.07) is 3.74. The highest BCUT2D eigenvalue weighted by Crippen LogP contribution is 2.23. The van der Waals surface area contributed by atoms with Gasteiger partial charge in [0.1, 0.15) is 11.5 Å². The van der Waals surface area contributed by atoms with Crippen molar-refractivity contribution in [3.63, 3.8) is 0 Å². The Bertz CT molecular complexity index is 361. The molecule has 3 N–H and O–H groups in total. The predicted molar refractivity (Wildman–Crippen MR) is 57.7 cm³/mol. The number of rotatable bonds is 4. The number of hydrogen-bond donors (Lipinski definition) is 2. The van der Waals surface area contributed by atoms with Crippen molar-refractivity contribution < 1.29 is 4.74 Å². The average Bonchev–Trinajstić information content (AvgIpc) is 2.16. The molecule has 1 aliphatic rings. The molecule has 0 amide bonds. The number of ether oxygens (including phenoxy) is 1. The summed E-state index contributed by atoms with van der Waals surface area (Å²) in [6.07, 6.45) is 5.59. The Morgan fingerprint density at radius 3 is 3.00 bits per heavy atom. The molecule has 80 valence electrons. The van der Waals surface area contributed by atoms with Crippen molar-refractivity contribution in [3.8, 4) is 0 Å². The lowest BCUT2D eigenvalue weighted by atomic mass is 9.96. The molecular formula is C11H15N3O. The maximum atomic E-state index is 7.38. The molecule has 15 heavy (non-hydrogen) atoms. The molecule has 0 aliphatic heterocycles. The van der Waals surface area contributed by atoms with Crippen LogP contribution >= 0.6 is 0 Å². The molecule has 1 aromatic heterocycles. The topological polar surface area (TPSA) is 72.0 Å². The highest BCUT2D eigenvalue weighted by molar-refractivity contribution is 5.94. The minimum atomic E-state index is 0.00260. The third-order valence-corrected chi connectivity index (χ3v) is 2.67. The van der Waals surface area contributed by atoms with E-state index in [4.69, 9.17) is 15.9 Å². The van der Waals surface area contributed by atoms with Crippen LogP contribution in [-0.4, -0.2) is 16.9 Å². The van der Waals surface area contributed by atoms with Crippen LogP contribution in [0, 0.1) is 5.41 Å². The summed E-state index contributed by atoms with van der Waals surface area (Å²) in [5.74, 6) is 0.00260. The Kier molecular flexibility index (Phi) is 2.97. The van der Waals surface area contributed by atoms with Crippen LogP contribution < -0.4 is 5.73 Å². The van der Waals surface area contributed by atoms with Gasteiger partial charge in [0.05, 0.1) is 12.7 Å². The molecule has 1 aromatic rings. The first-order valence-electron chi connectivity index (χ1n) is 5.17. The highest BCUT2D eigenvalue weighted by Gasteiger charge is 2.18. The fourth-order valence-electron chi connectivity index (χ4n) is 1.54. The largest absolute Gasteiger partial charge is 0.382 e. The fraction of sp³-hybridized carbons (Fsp3) is 0.455. The van der Waals surface area contributed by atoms with Crippen molar-refractivity contribution >= 4 is 5.84 Å². The molecule has 1 fully saturated rings. The van der Waals surface area contributed by atoms with Gasteiger partial charge in [0.25, 0.3) is 0 Å². The number of aromatic nitrogens is 1. The molecule has 4 nitrogen and oxygen atoms in total. The number of pyridine rings is 1. The minimum Gasteiger partial charge on any atom is -0.382 e. The first-order chi connectivity index (χ1) is 7.27. The standard InChI is InChI=1S/C11H15N3O/c12-11(13)10-8(3-2-6-14-10)7-15-9-4-1-5-9/h2-3,6,9H,1,4-5,7H2,(H3,12,13). The molecule has 0 bridgehead atoms. The number of amidine groups is 1. The third-order valence-electron chi connectivity index (χ3n) is 2.67. The van der Waals surface area contributed by atoms with E-state index in [1.54, 1.807) is 6.20 Å². The summed E-state index contributed by atoms with van der Waals surface area (Å²) in [6.45, 7) is 0.507. The molecule has 2 rings (SSSR count).